The van der Waals surface area contributed by atoms with Crippen molar-refractivity contribution >= 4 is 49.6 Å². The van der Waals surface area contributed by atoms with Gasteiger partial charge in [-0.1, -0.05) is 0 Å². The van der Waals surface area contributed by atoms with E-state index in [9.17, 15) is 9.47 Å². The molecule has 5 rings (SSSR count). The fourth-order valence-electron chi connectivity index (χ4n) is 4.50. The lowest BCUT2D eigenvalue weighted by Crippen LogP contribution is -2.44. The van der Waals surface area contributed by atoms with E-state index in [4.69, 9.17) is 4.40 Å². The van der Waals surface area contributed by atoms with E-state index in [2.05, 4.69) is 52.0 Å². The number of hydrogen-bond acceptors (Lipinski definition) is 7. The van der Waals surface area contributed by atoms with Gasteiger partial charge in [0.1, 0.15) is 21.7 Å². The molecule has 1 N–H and O–H groups in total. The van der Waals surface area contributed by atoms with E-state index < -0.39 is 15.7 Å². The van der Waals surface area contributed by atoms with Crippen molar-refractivity contribution in [3.05, 3.63) is 39.9 Å². The van der Waals surface area contributed by atoms with Gasteiger partial charge in [-0.25, -0.2) is 9.19 Å². The molecule has 0 radical (unpaired) electrons. The Morgan fingerprint density at radius 1 is 1.30 bits per heavy atom. The second-order valence-electron chi connectivity index (χ2n) is 9.46. The van der Waals surface area contributed by atoms with Gasteiger partial charge in [0, 0.05) is 36.7 Å². The van der Waals surface area contributed by atoms with Crippen molar-refractivity contribution in [1.82, 2.24) is 25.1 Å². The number of anilines is 1. The van der Waals surface area contributed by atoms with Crippen LogP contribution in [0.1, 0.15) is 50.6 Å². The summed E-state index contributed by atoms with van der Waals surface area (Å²) in [6.45, 7) is 7.20. The molecule has 4 heterocycles. The summed E-state index contributed by atoms with van der Waals surface area (Å²) in [6, 6.07) is 6.10. The van der Waals surface area contributed by atoms with E-state index in [1.165, 1.54) is 0 Å². The van der Waals surface area contributed by atoms with Gasteiger partial charge in [0.05, 0.1) is 21.5 Å². The molecule has 11 heteroatoms. The average Bonchev–Trinajstić information content (AvgIpc) is 3.31. The number of fused-ring (bicyclic) bond motifs is 2. The molecule has 0 amide bonds. The molecule has 2 aliphatic rings. The third-order valence-corrected chi connectivity index (χ3v) is 8.29. The van der Waals surface area contributed by atoms with Gasteiger partial charge in [0.25, 0.3) is 0 Å². The van der Waals surface area contributed by atoms with E-state index >= 15 is 0 Å². The first kappa shape index (κ1) is 22.1. The summed E-state index contributed by atoms with van der Waals surface area (Å²) in [7, 11) is -1.35. The first-order valence-corrected chi connectivity index (χ1v) is 12.6. The molecule has 170 valence electrons. The minimum atomic E-state index is -1.35. The Bertz CT molecular complexity index is 1340. The maximum Gasteiger partial charge on any atom is 0.228 e. The van der Waals surface area contributed by atoms with Crippen molar-refractivity contribution in [3.8, 4) is 6.07 Å². The molecule has 1 aliphatic heterocycles. The zero-order chi connectivity index (χ0) is 23.4. The number of aromatic amines is 1. The average molecular weight is 527 g/mol. The number of piperidine rings is 1. The fraction of sp³-hybridized carbons (Fsp3) is 0.455. The lowest BCUT2D eigenvalue weighted by Gasteiger charge is -2.39. The van der Waals surface area contributed by atoms with E-state index in [1.807, 2.05) is 32.9 Å². The van der Waals surface area contributed by atoms with Gasteiger partial charge in [-0.15, -0.1) is 0 Å². The van der Waals surface area contributed by atoms with Crippen LogP contribution in [0.25, 0.3) is 11.0 Å². The number of halogens is 1. The highest BCUT2D eigenvalue weighted by molar-refractivity contribution is 9.10. The number of aromatic nitrogens is 5. The predicted octanol–water partition coefficient (Wildman–Crippen LogP) is 3.48. The van der Waals surface area contributed by atoms with Crippen LogP contribution in [-0.2, 0) is 17.4 Å². The summed E-state index contributed by atoms with van der Waals surface area (Å²) in [5.74, 6) is 0.498. The number of H-pyrrole nitrogens is 1. The summed E-state index contributed by atoms with van der Waals surface area (Å²) in [5, 5.41) is 17.2. The summed E-state index contributed by atoms with van der Waals surface area (Å²) >= 11 is 3.37. The van der Waals surface area contributed by atoms with Gasteiger partial charge in [0.15, 0.2) is 11.3 Å². The zero-order valence-electron chi connectivity index (χ0n) is 18.6. The third kappa shape index (κ3) is 3.75. The van der Waals surface area contributed by atoms with Crippen LogP contribution >= 0.6 is 15.9 Å². The van der Waals surface area contributed by atoms with Crippen LogP contribution in [0.3, 0.4) is 0 Å². The summed E-state index contributed by atoms with van der Waals surface area (Å²) in [5.41, 5.74) is 3.46. The van der Waals surface area contributed by atoms with Crippen LogP contribution in [0, 0.1) is 16.7 Å². The Balaban J connectivity index is 1.47. The standard InChI is InChI=1S/C22H23BrN8OS/c1-21(2,3)33(32)30-17-13-5-4-8-25-14(13)11-22(17)6-9-31(10-7-22)20-26-15(12-24)16-18(23)28-29-19(16)27-20/h4-5,8H,6-7,9-11H2,1-3H3,(H,26,27,28,29). The quantitative estimate of drug-likeness (QED) is 0.541. The number of nitrogens with one attached hydrogen (secondary N) is 1. The third-order valence-electron chi connectivity index (χ3n) is 6.32. The number of nitriles is 1. The van der Waals surface area contributed by atoms with Gasteiger partial charge in [-0.05, 0) is 61.7 Å². The zero-order valence-corrected chi connectivity index (χ0v) is 21.0. The van der Waals surface area contributed by atoms with Gasteiger partial charge in [0.2, 0.25) is 5.95 Å². The Labute approximate surface area is 202 Å². The van der Waals surface area contributed by atoms with E-state index in [-0.39, 0.29) is 11.1 Å². The SMILES string of the molecule is CC(C)(C)S(=O)N=C1c2cccnc2CC12CCN(c1nc(C#N)c3c(Br)[nH]nc3n1)CC2. The van der Waals surface area contributed by atoms with E-state index in [0.29, 0.717) is 34.7 Å². The van der Waals surface area contributed by atoms with Crippen molar-refractivity contribution < 1.29 is 4.21 Å². The van der Waals surface area contributed by atoms with Crippen molar-refractivity contribution in [2.24, 2.45) is 9.81 Å². The van der Waals surface area contributed by atoms with Crippen LogP contribution < -0.4 is 4.90 Å². The molecule has 9 nitrogen and oxygen atoms in total. The smallest absolute Gasteiger partial charge is 0.228 e. The fourth-order valence-corrected chi connectivity index (χ4v) is 5.68. The summed E-state index contributed by atoms with van der Waals surface area (Å²) in [4.78, 5) is 15.8. The molecule has 0 saturated carbocycles. The molecule has 1 atom stereocenters. The number of pyridine rings is 1. The maximum atomic E-state index is 13.0. The maximum absolute atomic E-state index is 13.0. The van der Waals surface area contributed by atoms with Crippen LogP contribution in [0.5, 0.6) is 0 Å². The molecule has 3 aromatic rings. The van der Waals surface area contributed by atoms with Crippen LogP contribution in [-0.4, -0.2) is 52.9 Å². The van der Waals surface area contributed by atoms with Gasteiger partial charge in [-0.3, -0.25) is 10.1 Å². The molecule has 0 bridgehead atoms. The van der Waals surface area contributed by atoms with E-state index in [1.54, 1.807) is 6.20 Å². The van der Waals surface area contributed by atoms with Crippen molar-refractivity contribution in [1.29, 1.82) is 5.26 Å². The Kier molecular flexibility index (Phi) is 5.33. The van der Waals surface area contributed by atoms with Crippen LogP contribution in [0.2, 0.25) is 0 Å². The van der Waals surface area contributed by atoms with Crippen molar-refractivity contribution in [3.63, 3.8) is 0 Å². The lowest BCUT2D eigenvalue weighted by atomic mass is 9.75. The van der Waals surface area contributed by atoms with Crippen molar-refractivity contribution in [2.45, 2.75) is 44.8 Å². The monoisotopic (exact) mass is 526 g/mol. The molecule has 3 aromatic heterocycles. The number of rotatable bonds is 2. The second kappa shape index (κ2) is 7.95. The number of hydrogen-bond donors (Lipinski definition) is 1. The first-order chi connectivity index (χ1) is 15.7. The highest BCUT2D eigenvalue weighted by Crippen LogP contribution is 2.45. The summed E-state index contributed by atoms with van der Waals surface area (Å²) in [6.07, 6.45) is 4.20. The second-order valence-corrected chi connectivity index (χ2v) is 12.2. The van der Waals surface area contributed by atoms with Gasteiger partial charge in [-0.2, -0.15) is 19.7 Å². The van der Waals surface area contributed by atoms with Crippen molar-refractivity contribution in [2.75, 3.05) is 18.0 Å². The predicted molar refractivity (Wildman–Crippen MR) is 130 cm³/mol. The summed E-state index contributed by atoms with van der Waals surface area (Å²) < 4.78 is 17.9. The molecular formula is C22H23BrN8OS. The highest BCUT2D eigenvalue weighted by Gasteiger charge is 2.47. The minimum absolute atomic E-state index is 0.217. The van der Waals surface area contributed by atoms with Gasteiger partial charge >= 0.3 is 0 Å². The molecule has 1 spiro atoms. The topological polar surface area (TPSA) is 124 Å². The van der Waals surface area contributed by atoms with E-state index in [0.717, 1.165) is 36.2 Å². The van der Waals surface area contributed by atoms with Crippen LogP contribution in [0.15, 0.2) is 27.3 Å². The molecule has 1 unspecified atom stereocenters. The largest absolute Gasteiger partial charge is 0.341 e. The van der Waals surface area contributed by atoms with Crippen LogP contribution in [0.4, 0.5) is 5.95 Å². The Morgan fingerprint density at radius 2 is 2.06 bits per heavy atom. The normalized spacial score (nSPS) is 19.7. The van der Waals surface area contributed by atoms with Gasteiger partial charge < -0.3 is 4.90 Å². The Morgan fingerprint density at radius 3 is 2.76 bits per heavy atom. The molecule has 1 fully saturated rings. The number of nitrogens with zero attached hydrogens (tertiary/aromatic N) is 7. The molecule has 0 aromatic carbocycles. The molecular weight excluding hydrogens is 504 g/mol. The lowest BCUT2D eigenvalue weighted by molar-refractivity contribution is 0.327. The Hall–Kier alpha value is -2.71. The molecule has 1 saturated heterocycles. The molecule has 33 heavy (non-hydrogen) atoms. The molecule has 1 aliphatic carbocycles. The highest BCUT2D eigenvalue weighted by atomic mass is 79.9. The first-order valence-electron chi connectivity index (χ1n) is 10.7. The minimum Gasteiger partial charge on any atom is -0.341 e.